The summed E-state index contributed by atoms with van der Waals surface area (Å²) in [6.45, 7) is 3.24. The number of fused-ring (bicyclic) bond motifs is 1. The number of nitrogens with two attached hydrogens (primary N) is 1. The third kappa shape index (κ3) is 7.53. The van der Waals surface area contributed by atoms with E-state index in [2.05, 4.69) is 15.3 Å². The lowest BCUT2D eigenvalue weighted by Crippen LogP contribution is -2.47. The Labute approximate surface area is 203 Å². The molecular formula is C26H31FN4O4. The van der Waals surface area contributed by atoms with Crippen molar-refractivity contribution in [3.63, 3.8) is 0 Å². The summed E-state index contributed by atoms with van der Waals surface area (Å²) in [5, 5.41) is 23.8. The third-order valence-corrected chi connectivity index (χ3v) is 5.89. The zero-order valence-corrected chi connectivity index (χ0v) is 19.8. The summed E-state index contributed by atoms with van der Waals surface area (Å²) in [5.74, 6) is -2.42. The van der Waals surface area contributed by atoms with Crippen LogP contribution in [0.15, 0.2) is 54.7 Å². The van der Waals surface area contributed by atoms with Crippen LogP contribution in [0.1, 0.15) is 49.2 Å². The minimum Gasteiger partial charge on any atom is -0.391 e. The van der Waals surface area contributed by atoms with Gasteiger partial charge >= 0.3 is 0 Å². The van der Waals surface area contributed by atoms with Gasteiger partial charge in [0, 0.05) is 5.92 Å². The van der Waals surface area contributed by atoms with Crippen LogP contribution in [0.2, 0.25) is 0 Å². The monoisotopic (exact) mass is 482 g/mol. The summed E-state index contributed by atoms with van der Waals surface area (Å²) in [7, 11) is 0. The molecule has 35 heavy (non-hydrogen) atoms. The average molecular weight is 483 g/mol. The molecule has 186 valence electrons. The topological polar surface area (TPSA) is 138 Å². The minimum absolute atomic E-state index is 0.0163. The fourth-order valence-electron chi connectivity index (χ4n) is 3.85. The van der Waals surface area contributed by atoms with Gasteiger partial charge in [-0.3, -0.25) is 14.6 Å². The number of aromatic nitrogens is 2. The van der Waals surface area contributed by atoms with Gasteiger partial charge in [-0.25, -0.2) is 9.37 Å². The third-order valence-electron chi connectivity index (χ3n) is 5.89. The van der Waals surface area contributed by atoms with E-state index in [1.807, 2.05) is 6.07 Å². The number of carbonyl (C=O) groups is 2. The Kier molecular flexibility index (Phi) is 8.48. The number of hydrogen-bond acceptors (Lipinski definition) is 6. The van der Waals surface area contributed by atoms with Crippen LogP contribution < -0.4 is 11.1 Å². The molecule has 0 radical (unpaired) electrons. The second kappa shape index (κ2) is 11.3. The maximum Gasteiger partial charge on any atom is 0.271 e. The van der Waals surface area contributed by atoms with Crippen molar-refractivity contribution in [2.75, 3.05) is 0 Å². The van der Waals surface area contributed by atoms with Crippen molar-refractivity contribution in [2.24, 2.45) is 11.7 Å². The highest BCUT2D eigenvalue weighted by Gasteiger charge is 2.29. The van der Waals surface area contributed by atoms with Crippen molar-refractivity contribution in [2.45, 2.75) is 57.3 Å². The molecule has 2 amide bonds. The molecule has 1 heterocycles. The first kappa shape index (κ1) is 26.2. The number of aliphatic hydroxyl groups excluding tert-OH is 1. The van der Waals surface area contributed by atoms with Crippen molar-refractivity contribution >= 4 is 22.8 Å². The molecule has 1 aromatic heterocycles. The highest BCUT2D eigenvalue weighted by atomic mass is 19.1. The molecule has 0 spiro atoms. The first-order valence-electron chi connectivity index (χ1n) is 11.5. The number of rotatable bonds is 11. The summed E-state index contributed by atoms with van der Waals surface area (Å²) in [6, 6.07) is 12.2. The lowest BCUT2D eigenvalue weighted by Gasteiger charge is -2.28. The molecule has 3 rings (SSSR count). The van der Waals surface area contributed by atoms with Crippen molar-refractivity contribution in [3.8, 4) is 0 Å². The van der Waals surface area contributed by atoms with E-state index < -0.39 is 41.3 Å². The summed E-state index contributed by atoms with van der Waals surface area (Å²) >= 11 is 0. The van der Waals surface area contributed by atoms with Gasteiger partial charge in [0.2, 0.25) is 5.91 Å². The fourth-order valence-corrected chi connectivity index (χ4v) is 3.85. The fraction of sp³-hybridized carbons (Fsp3) is 0.385. The molecule has 0 saturated heterocycles. The molecule has 0 fully saturated rings. The van der Waals surface area contributed by atoms with Gasteiger partial charge in [-0.15, -0.1) is 0 Å². The molecule has 2 aromatic carbocycles. The molecule has 0 saturated carbocycles. The van der Waals surface area contributed by atoms with Crippen LogP contribution in [0.4, 0.5) is 4.39 Å². The number of hydrogen-bond donors (Lipinski definition) is 4. The standard InChI is InChI=1S/C26H31FN4O4/c1-26(2,35)12-11-17(24(28)33)14-23(32)21(13-16-7-3-4-8-18(16)27)31-25(34)22-15-29-19-9-5-6-10-20(19)30-22/h3-10,15,17,21,23,32,35H,11-14H2,1-2H3,(H2,28,33)(H,31,34)/t17-,21?,23+/m1/s1. The minimum atomic E-state index is -1.22. The maximum absolute atomic E-state index is 14.4. The molecule has 0 aliphatic heterocycles. The number of carbonyl (C=O) groups excluding carboxylic acids is 2. The van der Waals surface area contributed by atoms with E-state index in [-0.39, 0.29) is 25.0 Å². The molecule has 9 heteroatoms. The van der Waals surface area contributed by atoms with Gasteiger partial charge in [0.25, 0.3) is 5.91 Å². The van der Waals surface area contributed by atoms with E-state index >= 15 is 0 Å². The van der Waals surface area contributed by atoms with Crippen LogP contribution in [0, 0.1) is 11.7 Å². The van der Waals surface area contributed by atoms with Crippen molar-refractivity contribution in [1.82, 2.24) is 15.3 Å². The smallest absolute Gasteiger partial charge is 0.271 e. The largest absolute Gasteiger partial charge is 0.391 e. The molecule has 1 unspecified atom stereocenters. The van der Waals surface area contributed by atoms with Crippen LogP contribution in [-0.2, 0) is 11.2 Å². The van der Waals surface area contributed by atoms with Gasteiger partial charge in [-0.1, -0.05) is 30.3 Å². The Morgan fingerprint density at radius 2 is 1.77 bits per heavy atom. The number of nitrogens with zero attached hydrogens (tertiary/aromatic N) is 2. The molecule has 0 aliphatic rings. The highest BCUT2D eigenvalue weighted by molar-refractivity contribution is 5.94. The zero-order chi connectivity index (χ0) is 25.6. The SMILES string of the molecule is CC(C)(O)CC[C@H](C[C@H](O)C(Cc1ccccc1F)NC(=O)c1cnc2ccccc2n1)C(N)=O. The predicted octanol–water partition coefficient (Wildman–Crippen LogP) is 2.51. The first-order chi connectivity index (χ1) is 16.5. The Morgan fingerprint density at radius 3 is 2.43 bits per heavy atom. The molecule has 0 aliphatic carbocycles. The van der Waals surface area contributed by atoms with E-state index in [4.69, 9.17) is 5.73 Å². The second-order valence-electron chi connectivity index (χ2n) is 9.37. The Bertz CT molecular complexity index is 1180. The summed E-state index contributed by atoms with van der Waals surface area (Å²) in [6.07, 6.45) is 0.591. The number of aliphatic hydroxyl groups is 2. The Morgan fingerprint density at radius 1 is 1.11 bits per heavy atom. The van der Waals surface area contributed by atoms with E-state index in [0.717, 1.165) is 0 Å². The zero-order valence-electron chi connectivity index (χ0n) is 19.8. The van der Waals surface area contributed by atoms with Gasteiger partial charge in [-0.05, 0) is 63.3 Å². The number of amides is 2. The van der Waals surface area contributed by atoms with E-state index in [0.29, 0.717) is 23.0 Å². The van der Waals surface area contributed by atoms with E-state index in [9.17, 15) is 24.2 Å². The predicted molar refractivity (Wildman–Crippen MR) is 130 cm³/mol. The molecule has 8 nitrogen and oxygen atoms in total. The Hall–Kier alpha value is -3.43. The van der Waals surface area contributed by atoms with Gasteiger partial charge in [0.15, 0.2) is 0 Å². The summed E-state index contributed by atoms with van der Waals surface area (Å²) < 4.78 is 14.4. The lowest BCUT2D eigenvalue weighted by molar-refractivity contribution is -0.123. The maximum atomic E-state index is 14.4. The van der Waals surface area contributed by atoms with Crippen LogP contribution in [0.3, 0.4) is 0 Å². The lowest BCUT2D eigenvalue weighted by atomic mass is 9.87. The quantitative estimate of drug-likeness (QED) is 0.331. The highest BCUT2D eigenvalue weighted by Crippen LogP contribution is 2.22. The van der Waals surface area contributed by atoms with E-state index in [1.165, 1.54) is 12.3 Å². The van der Waals surface area contributed by atoms with Gasteiger partial charge in [0.1, 0.15) is 11.5 Å². The van der Waals surface area contributed by atoms with Crippen molar-refractivity contribution < 1.29 is 24.2 Å². The van der Waals surface area contributed by atoms with Crippen molar-refractivity contribution in [1.29, 1.82) is 0 Å². The normalized spacial score (nSPS) is 14.3. The second-order valence-corrected chi connectivity index (χ2v) is 9.37. The molecular weight excluding hydrogens is 451 g/mol. The summed E-state index contributed by atoms with van der Waals surface area (Å²) in [4.78, 5) is 33.6. The van der Waals surface area contributed by atoms with Gasteiger partial charge in [0.05, 0.1) is 35.0 Å². The van der Waals surface area contributed by atoms with Gasteiger partial charge in [-0.2, -0.15) is 0 Å². The van der Waals surface area contributed by atoms with Crippen LogP contribution in [0.25, 0.3) is 11.0 Å². The molecule has 5 N–H and O–H groups in total. The number of primary amides is 1. The number of para-hydroxylation sites is 2. The van der Waals surface area contributed by atoms with Crippen molar-refractivity contribution in [3.05, 3.63) is 71.8 Å². The number of benzene rings is 2. The molecule has 3 aromatic rings. The first-order valence-corrected chi connectivity index (χ1v) is 11.5. The van der Waals surface area contributed by atoms with Crippen LogP contribution in [-0.4, -0.2) is 49.7 Å². The average Bonchev–Trinajstić information content (AvgIpc) is 2.81. The summed E-state index contributed by atoms with van der Waals surface area (Å²) in [5.41, 5.74) is 6.04. The Balaban J connectivity index is 1.82. The number of halogens is 1. The molecule has 0 bridgehead atoms. The number of nitrogens with one attached hydrogen (secondary N) is 1. The van der Waals surface area contributed by atoms with E-state index in [1.54, 1.807) is 50.2 Å². The molecule has 3 atom stereocenters. The van der Waals surface area contributed by atoms with Crippen LogP contribution >= 0.6 is 0 Å². The van der Waals surface area contributed by atoms with Gasteiger partial charge < -0.3 is 21.3 Å². The van der Waals surface area contributed by atoms with Crippen LogP contribution in [0.5, 0.6) is 0 Å².